The number of hydrogen-bond acceptors (Lipinski definition) is 4. The van der Waals surface area contributed by atoms with E-state index in [1.165, 1.54) is 5.56 Å². The number of methoxy groups -OCH3 is 1. The second-order valence-corrected chi connectivity index (χ2v) is 7.86. The van der Waals surface area contributed by atoms with Crippen molar-refractivity contribution in [1.82, 2.24) is 4.90 Å². The van der Waals surface area contributed by atoms with Crippen molar-refractivity contribution in [3.05, 3.63) is 102 Å². The average Bonchev–Trinajstić information content (AvgIpc) is 2.81. The van der Waals surface area contributed by atoms with Gasteiger partial charge in [0.15, 0.2) is 0 Å². The zero-order chi connectivity index (χ0) is 20.8. The van der Waals surface area contributed by atoms with Crippen LogP contribution in [0.3, 0.4) is 0 Å². The SMILES string of the molecule is COc1ccccc1C[C@@](O)(c1ccccc1)[C@@H]1CN(Cc2ccccc2)CCO1. The molecule has 1 fully saturated rings. The van der Waals surface area contributed by atoms with Gasteiger partial charge in [0, 0.05) is 26.1 Å². The number of hydrogen-bond donors (Lipinski definition) is 1. The van der Waals surface area contributed by atoms with Crippen LogP contribution in [0.4, 0.5) is 0 Å². The lowest BCUT2D eigenvalue weighted by Gasteiger charge is -2.42. The highest BCUT2D eigenvalue weighted by Gasteiger charge is 2.42. The molecule has 0 radical (unpaired) electrons. The molecule has 1 heterocycles. The number of para-hydroxylation sites is 1. The maximum Gasteiger partial charge on any atom is 0.122 e. The number of aliphatic hydroxyl groups is 1. The van der Waals surface area contributed by atoms with E-state index in [-0.39, 0.29) is 6.10 Å². The first-order valence-electron chi connectivity index (χ1n) is 10.5. The first-order valence-corrected chi connectivity index (χ1v) is 10.5. The number of nitrogens with zero attached hydrogens (tertiary/aromatic N) is 1. The smallest absolute Gasteiger partial charge is 0.122 e. The lowest BCUT2D eigenvalue weighted by Crippen LogP contribution is -2.53. The first kappa shape index (κ1) is 20.6. The fourth-order valence-electron chi connectivity index (χ4n) is 4.24. The summed E-state index contributed by atoms with van der Waals surface area (Å²) in [6.07, 6.45) is 0.0764. The number of rotatable bonds is 7. The summed E-state index contributed by atoms with van der Waals surface area (Å²) in [5.41, 5.74) is 1.94. The molecule has 3 aromatic carbocycles. The minimum atomic E-state index is -1.16. The van der Waals surface area contributed by atoms with Gasteiger partial charge in [0.05, 0.1) is 13.7 Å². The largest absolute Gasteiger partial charge is 0.496 e. The van der Waals surface area contributed by atoms with E-state index in [4.69, 9.17) is 9.47 Å². The summed E-state index contributed by atoms with van der Waals surface area (Å²) in [4.78, 5) is 2.36. The Morgan fingerprint density at radius 3 is 2.37 bits per heavy atom. The van der Waals surface area contributed by atoms with Gasteiger partial charge < -0.3 is 14.6 Å². The fraction of sp³-hybridized carbons (Fsp3) is 0.308. The van der Waals surface area contributed by atoms with E-state index >= 15 is 0 Å². The third-order valence-corrected chi connectivity index (χ3v) is 5.86. The van der Waals surface area contributed by atoms with Crippen LogP contribution in [0.2, 0.25) is 0 Å². The Bertz CT molecular complexity index is 931. The normalized spacial score (nSPS) is 19.2. The summed E-state index contributed by atoms with van der Waals surface area (Å²) in [6.45, 7) is 2.96. The summed E-state index contributed by atoms with van der Waals surface area (Å²) in [5.74, 6) is 0.781. The molecule has 1 aliphatic heterocycles. The molecule has 0 saturated carbocycles. The molecule has 0 bridgehead atoms. The van der Waals surface area contributed by atoms with Gasteiger partial charge in [-0.25, -0.2) is 0 Å². The van der Waals surface area contributed by atoms with Gasteiger partial charge in [-0.3, -0.25) is 4.90 Å². The van der Waals surface area contributed by atoms with Crippen LogP contribution in [0.15, 0.2) is 84.9 Å². The van der Waals surface area contributed by atoms with Crippen molar-refractivity contribution in [2.45, 2.75) is 24.7 Å². The molecule has 156 valence electrons. The minimum Gasteiger partial charge on any atom is -0.496 e. The molecule has 1 aliphatic rings. The highest BCUT2D eigenvalue weighted by Crippen LogP contribution is 2.35. The van der Waals surface area contributed by atoms with Gasteiger partial charge in [0.25, 0.3) is 0 Å². The molecule has 0 spiro atoms. The molecule has 0 aliphatic carbocycles. The monoisotopic (exact) mass is 403 g/mol. The van der Waals surface area contributed by atoms with Gasteiger partial charge in [0.2, 0.25) is 0 Å². The Balaban J connectivity index is 1.62. The number of morpholine rings is 1. The van der Waals surface area contributed by atoms with Gasteiger partial charge in [-0.2, -0.15) is 0 Å². The lowest BCUT2D eigenvalue weighted by atomic mass is 9.81. The predicted octanol–water partition coefficient (Wildman–Crippen LogP) is 4.03. The van der Waals surface area contributed by atoms with Gasteiger partial charge in [-0.05, 0) is 22.8 Å². The first-order chi connectivity index (χ1) is 14.7. The van der Waals surface area contributed by atoms with Gasteiger partial charge in [-0.15, -0.1) is 0 Å². The van der Waals surface area contributed by atoms with Crippen molar-refractivity contribution >= 4 is 0 Å². The zero-order valence-corrected chi connectivity index (χ0v) is 17.4. The van der Waals surface area contributed by atoms with E-state index in [1.54, 1.807) is 7.11 Å². The standard InChI is InChI=1S/C26H29NO3/c1-29-24-15-9-8-12-22(24)18-26(28,23-13-6-3-7-14-23)25-20-27(16-17-30-25)19-21-10-4-2-5-11-21/h2-15,25,28H,16-20H2,1H3/t25-,26+/m0/s1. The summed E-state index contributed by atoms with van der Waals surface area (Å²) in [5, 5.41) is 12.1. The van der Waals surface area contributed by atoms with Crippen LogP contribution in [-0.2, 0) is 23.3 Å². The van der Waals surface area contributed by atoms with Crippen LogP contribution in [0.5, 0.6) is 5.75 Å². The molecule has 30 heavy (non-hydrogen) atoms. The van der Waals surface area contributed by atoms with Crippen LogP contribution in [0.25, 0.3) is 0 Å². The van der Waals surface area contributed by atoms with Gasteiger partial charge in [0.1, 0.15) is 17.5 Å². The Kier molecular flexibility index (Phi) is 6.48. The topological polar surface area (TPSA) is 41.9 Å². The van der Waals surface area contributed by atoms with Crippen molar-refractivity contribution in [1.29, 1.82) is 0 Å². The molecule has 0 amide bonds. The lowest BCUT2D eigenvalue weighted by molar-refractivity contribution is -0.150. The summed E-state index contributed by atoms with van der Waals surface area (Å²) < 4.78 is 11.7. The molecule has 0 aromatic heterocycles. The molecular weight excluding hydrogens is 374 g/mol. The molecule has 1 N–H and O–H groups in total. The number of benzene rings is 3. The molecule has 4 nitrogen and oxygen atoms in total. The highest BCUT2D eigenvalue weighted by molar-refractivity contribution is 5.37. The number of ether oxygens (including phenoxy) is 2. The highest BCUT2D eigenvalue weighted by atomic mass is 16.5. The molecule has 4 heteroatoms. The second kappa shape index (κ2) is 9.43. The van der Waals surface area contributed by atoms with Crippen molar-refractivity contribution in [2.75, 3.05) is 26.8 Å². The Hall–Kier alpha value is -2.66. The Morgan fingerprint density at radius 2 is 1.63 bits per heavy atom. The van der Waals surface area contributed by atoms with Crippen LogP contribution in [0.1, 0.15) is 16.7 Å². The minimum absolute atomic E-state index is 0.345. The van der Waals surface area contributed by atoms with Crippen LogP contribution in [0, 0.1) is 0 Å². The van der Waals surface area contributed by atoms with Crippen molar-refractivity contribution in [3.8, 4) is 5.75 Å². The van der Waals surface area contributed by atoms with E-state index in [1.807, 2.05) is 60.7 Å². The Labute approximate surface area is 178 Å². The van der Waals surface area contributed by atoms with Crippen molar-refractivity contribution < 1.29 is 14.6 Å². The van der Waals surface area contributed by atoms with Crippen molar-refractivity contribution in [3.63, 3.8) is 0 Å². The molecule has 1 saturated heterocycles. The van der Waals surface area contributed by atoms with Gasteiger partial charge >= 0.3 is 0 Å². The third-order valence-electron chi connectivity index (χ3n) is 5.86. The molecule has 0 unspecified atom stereocenters. The van der Waals surface area contributed by atoms with Crippen molar-refractivity contribution in [2.24, 2.45) is 0 Å². The second-order valence-electron chi connectivity index (χ2n) is 7.86. The molecule has 4 rings (SSSR count). The fourth-order valence-corrected chi connectivity index (χ4v) is 4.24. The Morgan fingerprint density at radius 1 is 0.967 bits per heavy atom. The van der Waals surface area contributed by atoms with E-state index < -0.39 is 5.60 Å². The summed E-state index contributed by atoms with van der Waals surface area (Å²) in [6, 6.07) is 28.2. The van der Waals surface area contributed by atoms with Gasteiger partial charge in [-0.1, -0.05) is 78.9 Å². The maximum atomic E-state index is 12.1. The van der Waals surface area contributed by atoms with Crippen LogP contribution < -0.4 is 4.74 Å². The molecular formula is C26H29NO3. The predicted molar refractivity (Wildman–Crippen MR) is 118 cm³/mol. The van der Waals surface area contributed by atoms with E-state index in [0.29, 0.717) is 19.6 Å². The van der Waals surface area contributed by atoms with Crippen LogP contribution in [-0.4, -0.2) is 42.9 Å². The van der Waals surface area contributed by atoms with E-state index in [9.17, 15) is 5.11 Å². The summed E-state index contributed by atoms with van der Waals surface area (Å²) >= 11 is 0. The summed E-state index contributed by atoms with van der Waals surface area (Å²) in [7, 11) is 1.67. The molecule has 3 aromatic rings. The zero-order valence-electron chi connectivity index (χ0n) is 17.4. The van der Waals surface area contributed by atoms with E-state index in [0.717, 1.165) is 30.0 Å². The maximum absolute atomic E-state index is 12.1. The average molecular weight is 404 g/mol. The third kappa shape index (κ3) is 4.57. The molecule has 2 atom stereocenters. The quantitative estimate of drug-likeness (QED) is 0.647. The van der Waals surface area contributed by atoms with Crippen LogP contribution >= 0.6 is 0 Å². The van der Waals surface area contributed by atoms with E-state index in [2.05, 4.69) is 29.2 Å².